The first-order valence-electron chi connectivity index (χ1n) is 4.23. The summed E-state index contributed by atoms with van der Waals surface area (Å²) in [6, 6.07) is 1.95. The van der Waals surface area contributed by atoms with Crippen molar-refractivity contribution < 1.29 is 0 Å². The normalized spacial score (nSPS) is 11.0. The molecule has 0 aliphatic heterocycles. The number of hydrogen-bond acceptors (Lipinski definition) is 4. The van der Waals surface area contributed by atoms with Crippen LogP contribution < -0.4 is 0 Å². The van der Waals surface area contributed by atoms with Crippen LogP contribution in [0.4, 0.5) is 0 Å². The van der Waals surface area contributed by atoms with Gasteiger partial charge in [0.1, 0.15) is 5.69 Å². The molecule has 3 heterocycles. The van der Waals surface area contributed by atoms with Gasteiger partial charge in [-0.05, 0) is 22.0 Å². The number of nitrogens with zero attached hydrogens (tertiary/aromatic N) is 3. The van der Waals surface area contributed by atoms with E-state index in [1.165, 1.54) is 0 Å². The molecule has 4 nitrogen and oxygen atoms in total. The minimum absolute atomic E-state index is 0.709. The summed E-state index contributed by atoms with van der Waals surface area (Å²) in [5.41, 5.74) is 4.26. The Balaban J connectivity index is 2.22. The van der Waals surface area contributed by atoms with E-state index in [4.69, 9.17) is 0 Å². The summed E-state index contributed by atoms with van der Waals surface area (Å²) >= 11 is 4.91. The summed E-state index contributed by atoms with van der Waals surface area (Å²) in [5.74, 6) is 0.761. The van der Waals surface area contributed by atoms with E-state index in [-0.39, 0.29) is 0 Å². The maximum atomic E-state index is 4.35. The molecule has 0 spiro atoms. The highest BCUT2D eigenvalue weighted by molar-refractivity contribution is 9.10. The molecule has 0 aliphatic rings. The second-order valence-corrected chi connectivity index (χ2v) is 4.62. The molecule has 0 saturated carbocycles. The number of H-pyrrole nitrogens is 1. The van der Waals surface area contributed by atoms with Crippen LogP contribution in [0, 0.1) is 0 Å². The zero-order valence-electron chi connectivity index (χ0n) is 7.44. The number of nitrogens with one attached hydrogen (secondary N) is 1. The van der Waals surface area contributed by atoms with Crippen LogP contribution in [-0.4, -0.2) is 19.9 Å². The van der Waals surface area contributed by atoms with Crippen LogP contribution in [0.1, 0.15) is 0 Å². The van der Waals surface area contributed by atoms with Crippen molar-refractivity contribution >= 4 is 38.4 Å². The fraction of sp³-hybridized carbons (Fsp3) is 0. The number of halogens is 1. The van der Waals surface area contributed by atoms with Gasteiger partial charge in [0.15, 0.2) is 11.5 Å². The third kappa shape index (κ3) is 1.55. The average Bonchev–Trinajstić information content (AvgIpc) is 2.84. The molecule has 3 aromatic heterocycles. The SMILES string of the molecule is Brc1cnc2nc(-c3cscn3)[nH]c2c1. The Labute approximate surface area is 97.5 Å². The molecule has 0 saturated heterocycles. The number of rotatable bonds is 1. The van der Waals surface area contributed by atoms with Crippen molar-refractivity contribution in [2.24, 2.45) is 0 Å². The number of imidazole rings is 1. The lowest BCUT2D eigenvalue weighted by molar-refractivity contribution is 1.26. The highest BCUT2D eigenvalue weighted by Crippen LogP contribution is 2.20. The third-order valence-corrected chi connectivity index (χ3v) is 3.00. The van der Waals surface area contributed by atoms with Crippen molar-refractivity contribution in [3.63, 3.8) is 0 Å². The molecule has 0 fully saturated rings. The molecule has 0 aromatic carbocycles. The zero-order valence-corrected chi connectivity index (χ0v) is 9.84. The maximum Gasteiger partial charge on any atom is 0.178 e. The van der Waals surface area contributed by atoms with Crippen molar-refractivity contribution in [3.05, 3.63) is 27.6 Å². The second-order valence-electron chi connectivity index (χ2n) is 2.98. The number of pyridine rings is 1. The monoisotopic (exact) mass is 280 g/mol. The summed E-state index contributed by atoms with van der Waals surface area (Å²) in [6.45, 7) is 0. The number of fused-ring (bicyclic) bond motifs is 1. The molecule has 15 heavy (non-hydrogen) atoms. The Morgan fingerprint density at radius 2 is 2.27 bits per heavy atom. The molecular formula is C9H5BrN4S. The Morgan fingerprint density at radius 3 is 3.07 bits per heavy atom. The Hall–Kier alpha value is -1.27. The summed E-state index contributed by atoms with van der Waals surface area (Å²) in [5, 5.41) is 1.95. The van der Waals surface area contributed by atoms with Crippen LogP contribution in [0.5, 0.6) is 0 Å². The smallest absolute Gasteiger partial charge is 0.178 e. The van der Waals surface area contributed by atoms with Crippen molar-refractivity contribution in [1.82, 2.24) is 19.9 Å². The standard InChI is InChI=1S/C9H5BrN4S/c10-5-1-6-8(11-2-5)14-9(13-6)7-3-15-4-12-7/h1-4H,(H,11,13,14). The predicted octanol–water partition coefficient (Wildman–Crippen LogP) is 2.84. The van der Waals surface area contributed by atoms with E-state index in [1.54, 1.807) is 23.0 Å². The number of thiazole rings is 1. The Bertz CT molecular complexity index is 602. The molecule has 74 valence electrons. The third-order valence-electron chi connectivity index (χ3n) is 1.98. The van der Waals surface area contributed by atoms with E-state index in [1.807, 2.05) is 11.4 Å². The molecule has 3 aromatic rings. The number of hydrogen-bond donors (Lipinski definition) is 1. The minimum atomic E-state index is 0.709. The number of aromatic nitrogens is 4. The van der Waals surface area contributed by atoms with Crippen LogP contribution >= 0.6 is 27.3 Å². The molecule has 0 atom stereocenters. The van der Waals surface area contributed by atoms with Gasteiger partial charge in [0, 0.05) is 16.0 Å². The van der Waals surface area contributed by atoms with Crippen LogP contribution in [0.2, 0.25) is 0 Å². The van der Waals surface area contributed by atoms with Crippen molar-refractivity contribution in [1.29, 1.82) is 0 Å². The fourth-order valence-electron chi connectivity index (χ4n) is 1.33. The lowest BCUT2D eigenvalue weighted by atomic mass is 10.4. The van der Waals surface area contributed by atoms with Gasteiger partial charge in [0.05, 0.1) is 11.0 Å². The van der Waals surface area contributed by atoms with Gasteiger partial charge < -0.3 is 4.98 Å². The highest BCUT2D eigenvalue weighted by Gasteiger charge is 2.07. The van der Waals surface area contributed by atoms with E-state index in [0.717, 1.165) is 21.5 Å². The van der Waals surface area contributed by atoms with Crippen molar-refractivity contribution in [2.75, 3.05) is 0 Å². The van der Waals surface area contributed by atoms with Gasteiger partial charge in [-0.15, -0.1) is 11.3 Å². The first-order chi connectivity index (χ1) is 7.33. The predicted molar refractivity (Wildman–Crippen MR) is 62.7 cm³/mol. The van der Waals surface area contributed by atoms with Crippen molar-refractivity contribution in [2.45, 2.75) is 0 Å². The van der Waals surface area contributed by atoms with Gasteiger partial charge in [-0.2, -0.15) is 0 Å². The largest absolute Gasteiger partial charge is 0.335 e. The summed E-state index contributed by atoms with van der Waals surface area (Å²) < 4.78 is 0.934. The van der Waals surface area contributed by atoms with E-state index in [9.17, 15) is 0 Å². The summed E-state index contributed by atoms with van der Waals surface area (Å²) in [6.07, 6.45) is 1.73. The first-order valence-corrected chi connectivity index (χ1v) is 5.96. The van der Waals surface area contributed by atoms with Crippen LogP contribution in [0.3, 0.4) is 0 Å². The Morgan fingerprint density at radius 1 is 1.33 bits per heavy atom. The second kappa shape index (κ2) is 3.39. The zero-order chi connectivity index (χ0) is 10.3. The quantitative estimate of drug-likeness (QED) is 0.746. The molecule has 6 heteroatoms. The summed E-state index contributed by atoms with van der Waals surface area (Å²) in [7, 11) is 0. The maximum absolute atomic E-state index is 4.35. The topological polar surface area (TPSA) is 54.5 Å². The molecule has 0 amide bonds. The molecule has 0 radical (unpaired) electrons. The lowest BCUT2D eigenvalue weighted by Crippen LogP contribution is -1.78. The van der Waals surface area contributed by atoms with Crippen molar-refractivity contribution in [3.8, 4) is 11.5 Å². The van der Waals surface area contributed by atoms with E-state index in [0.29, 0.717) is 5.65 Å². The van der Waals surface area contributed by atoms with Crippen LogP contribution in [0.15, 0.2) is 27.6 Å². The first kappa shape index (κ1) is 8.99. The van der Waals surface area contributed by atoms with Gasteiger partial charge in [0.25, 0.3) is 0 Å². The average molecular weight is 281 g/mol. The summed E-state index contributed by atoms with van der Waals surface area (Å²) in [4.78, 5) is 15.9. The molecular weight excluding hydrogens is 276 g/mol. The Kier molecular flexibility index (Phi) is 2.03. The molecule has 0 aliphatic carbocycles. The van der Waals surface area contributed by atoms with E-state index in [2.05, 4.69) is 35.9 Å². The minimum Gasteiger partial charge on any atom is -0.335 e. The molecule has 1 N–H and O–H groups in total. The lowest BCUT2D eigenvalue weighted by Gasteiger charge is -1.87. The van der Waals surface area contributed by atoms with Gasteiger partial charge in [-0.25, -0.2) is 15.0 Å². The van der Waals surface area contributed by atoms with E-state index >= 15 is 0 Å². The molecule has 0 bridgehead atoms. The molecule has 3 rings (SSSR count). The van der Waals surface area contributed by atoms with Gasteiger partial charge in [-0.3, -0.25) is 0 Å². The molecule has 0 unspecified atom stereocenters. The van der Waals surface area contributed by atoms with Gasteiger partial charge >= 0.3 is 0 Å². The van der Waals surface area contributed by atoms with Gasteiger partial charge in [0.2, 0.25) is 0 Å². The van der Waals surface area contributed by atoms with E-state index < -0.39 is 0 Å². The van der Waals surface area contributed by atoms with Gasteiger partial charge in [-0.1, -0.05) is 0 Å². The fourth-order valence-corrected chi connectivity index (χ4v) is 2.19. The highest BCUT2D eigenvalue weighted by atomic mass is 79.9. The van der Waals surface area contributed by atoms with Crippen LogP contribution in [0.25, 0.3) is 22.7 Å². The van der Waals surface area contributed by atoms with Crippen LogP contribution in [-0.2, 0) is 0 Å². The number of aromatic amines is 1.